The molecule has 0 aliphatic carbocycles. The summed E-state index contributed by atoms with van der Waals surface area (Å²) in [6.45, 7) is 5.78. The molecule has 1 aromatic heterocycles. The standard InChI is InChI=1S/C88H112FN13O16.ClH/c1-55-80(108)93-69(30-27-65(104)45-61-17-13-19-67(46-61)117-43-15-42-102(4,5)6)81(109)94-70-48-60-16-12-18-62(44-60)51-91-76(106)54-118-74-35-41-100-79(74)84(112)97-78(56(2)103)83(111)96-71(47-58-24-28-66(116-7)29-25-58)86(114)101-40-14-36-88(101,3)87(115)90-37-34-57-20-22-59(23-21-57)52-99(77(107)33-32-75(105)92-55)39-11-9-8-10-38-98-53-63(49-72(85(100)113)95-82(70)110)68-50-64(89)26-31-73(68)98;/h12-13,16-26,28-29,31,44,46,50,53,55-56,69-72,74,78-79,103H,8-11,14-15,27,30,32-43,45,47-49,51-52,54H2,1-7H3,(H7-,90,91,92,93,94,95,96,97,105,106,108,109,110,111,112,115);1H/t55-,56+,69+,70-,71-,72-,74-,78-,79-,88-;/m0./s1. The normalized spacial score (nSPS) is 24.0. The lowest BCUT2D eigenvalue weighted by atomic mass is 9.95. The van der Waals surface area contributed by atoms with Crippen molar-refractivity contribution in [1.29, 1.82) is 0 Å². The average Bonchev–Trinajstić information content (AvgIpc) is 1.66. The smallest absolute Gasteiger partial charge is 0.246 e. The van der Waals surface area contributed by atoms with Crippen molar-refractivity contribution in [2.24, 2.45) is 0 Å². The molecule has 12 rings (SSSR count). The minimum atomic E-state index is -1.86. The summed E-state index contributed by atoms with van der Waals surface area (Å²) in [5, 5.41) is 34.6. The fourth-order valence-electron chi connectivity index (χ4n) is 16.1. The van der Waals surface area contributed by atoms with Crippen molar-refractivity contribution in [1.82, 2.24) is 61.8 Å². The van der Waals surface area contributed by atoms with Gasteiger partial charge in [-0.1, -0.05) is 85.6 Å². The lowest BCUT2D eigenvalue weighted by Crippen LogP contribution is -3.00. The SMILES string of the molecule is COc1ccc(C[C@@H]2NC(=O)[C@H]([C@@H](C)O)NC(=O)[C@@H]3[C@@H]4CCN3C(=O)[C@@H]3Cc5cn(c6ccc(F)cc56)CCCCCCN(Cc5ccc(cc5)CCNC(=O)[C@]5(C)CCCN5C2=O)C(=O)CCC(=O)N[C@@H](C)C(=O)N[C@H](CCC(=O)Cc2cccc(OCCC[N+](C)(C)C)c2)C(=O)N[C@@H](Cc2cccc(c2)CNC(=O)CO4)C(=O)N3)cc1.[Cl-]. The Morgan fingerprint density at radius 3 is 2.13 bits per heavy atom. The van der Waals surface area contributed by atoms with Crippen molar-refractivity contribution in [2.45, 2.75) is 210 Å². The van der Waals surface area contributed by atoms with Crippen LogP contribution in [-0.4, -0.2) is 234 Å². The molecule has 640 valence electrons. The molecule has 0 saturated carbocycles. The van der Waals surface area contributed by atoms with Gasteiger partial charge in [-0.15, -0.1) is 0 Å². The highest BCUT2D eigenvalue weighted by atomic mass is 35.5. The molecule has 6 aliphatic rings. The van der Waals surface area contributed by atoms with Gasteiger partial charge < -0.3 is 98.0 Å². The number of hydrogen-bond donors (Lipinski definition) is 9. The quantitative estimate of drug-likeness (QED) is 0.0547. The summed E-state index contributed by atoms with van der Waals surface area (Å²) in [5.74, 6) is -8.33. The summed E-state index contributed by atoms with van der Waals surface area (Å²) in [5.41, 5.74) is 3.36. The van der Waals surface area contributed by atoms with E-state index in [1.807, 2.05) is 28.8 Å². The van der Waals surface area contributed by atoms with Crippen LogP contribution >= 0.6 is 0 Å². The molecule has 7 heterocycles. The van der Waals surface area contributed by atoms with Gasteiger partial charge in [0.1, 0.15) is 77.5 Å². The number of carbonyl (C=O) groups is 12. The first kappa shape index (κ1) is 90.5. The largest absolute Gasteiger partial charge is 1.00 e. The second-order valence-electron chi connectivity index (χ2n) is 33.0. The number of ketones is 1. The molecular formula is C88H113ClFN13O16. The number of Topliss-reactive ketones (excluding diaryl/α,β-unsaturated/α-hetero) is 1. The number of methoxy groups -OCH3 is 1. The van der Waals surface area contributed by atoms with Gasteiger partial charge in [0.2, 0.25) is 65.0 Å². The molecule has 10 atom stereocenters. The number of nitrogens with zero attached hydrogens (tertiary/aromatic N) is 5. The van der Waals surface area contributed by atoms with E-state index in [1.165, 1.54) is 38.0 Å². The molecular weight excluding hydrogens is 1550 g/mol. The van der Waals surface area contributed by atoms with E-state index in [2.05, 4.69) is 63.7 Å². The number of benzene rings is 5. The Bertz CT molecular complexity index is 4630. The number of nitrogens with one attached hydrogen (secondary N) is 8. The first-order chi connectivity index (χ1) is 56.5. The van der Waals surface area contributed by atoms with E-state index in [-0.39, 0.29) is 121 Å². The van der Waals surface area contributed by atoms with Crippen molar-refractivity contribution in [2.75, 3.05) is 74.2 Å². The summed E-state index contributed by atoms with van der Waals surface area (Å²) in [7, 11) is 7.75. The minimum Gasteiger partial charge on any atom is -1.00 e. The number of ether oxygens (including phenoxy) is 3. The summed E-state index contributed by atoms with van der Waals surface area (Å²) in [6.07, 6.45) is 0.882. The Labute approximate surface area is 699 Å². The number of quaternary nitrogens is 1. The maximum absolute atomic E-state index is 16.3. The third-order valence-corrected chi connectivity index (χ3v) is 22.8. The zero-order valence-corrected chi connectivity index (χ0v) is 69.7. The second kappa shape index (κ2) is 41.7. The molecule has 6 aromatic rings. The molecule has 0 unspecified atom stereocenters. The number of rotatable bonds is 14. The topological polar surface area (TPSA) is 364 Å². The highest BCUT2D eigenvalue weighted by molar-refractivity contribution is 6.00. The van der Waals surface area contributed by atoms with Crippen LogP contribution in [0.2, 0.25) is 0 Å². The first-order valence-corrected chi connectivity index (χ1v) is 41.1. The van der Waals surface area contributed by atoms with Gasteiger partial charge in [0, 0.05) is 114 Å². The van der Waals surface area contributed by atoms with Crippen molar-refractivity contribution in [3.63, 3.8) is 0 Å². The number of aliphatic hydroxyl groups excluding tert-OH is 1. The van der Waals surface area contributed by atoms with E-state index in [0.29, 0.717) is 108 Å². The molecule has 6 aliphatic heterocycles. The molecule has 9 N–H and O–H groups in total. The first-order valence-electron chi connectivity index (χ1n) is 41.1. The number of aromatic nitrogens is 1. The van der Waals surface area contributed by atoms with Crippen LogP contribution in [0.25, 0.3) is 10.9 Å². The van der Waals surface area contributed by atoms with E-state index in [1.54, 1.807) is 96.9 Å². The van der Waals surface area contributed by atoms with Gasteiger partial charge in [-0.05, 0) is 147 Å². The Morgan fingerprint density at radius 2 is 1.39 bits per heavy atom. The molecule has 5 aromatic carbocycles. The van der Waals surface area contributed by atoms with Gasteiger partial charge in [0.15, 0.2) is 0 Å². The summed E-state index contributed by atoms with van der Waals surface area (Å²) in [6, 6.07) is 21.2. The molecule has 31 heteroatoms. The highest BCUT2D eigenvalue weighted by Crippen LogP contribution is 2.33. The number of aryl methyl sites for hydroxylation is 1. The molecule has 0 radical (unpaired) electrons. The molecule has 119 heavy (non-hydrogen) atoms. The predicted molar refractivity (Wildman–Crippen MR) is 436 cm³/mol. The van der Waals surface area contributed by atoms with Crippen molar-refractivity contribution >= 4 is 81.7 Å². The zero-order valence-electron chi connectivity index (χ0n) is 68.9. The van der Waals surface area contributed by atoms with Gasteiger partial charge >= 0.3 is 0 Å². The Hall–Kier alpha value is -10.8. The van der Waals surface area contributed by atoms with Crippen LogP contribution in [0.15, 0.2) is 121 Å². The Kier molecular flexibility index (Phi) is 31.7. The number of hydrogen-bond acceptors (Lipinski definition) is 16. The fraction of sp³-hybridized carbons (Fsp3) is 0.500. The lowest BCUT2D eigenvalue weighted by molar-refractivity contribution is -0.870. The van der Waals surface area contributed by atoms with Crippen LogP contribution in [0.5, 0.6) is 11.5 Å². The number of aliphatic hydroxyl groups is 1. The van der Waals surface area contributed by atoms with Crippen LogP contribution in [0.1, 0.15) is 137 Å². The summed E-state index contributed by atoms with van der Waals surface area (Å²) < 4.78 is 36.4. The van der Waals surface area contributed by atoms with E-state index in [0.717, 1.165) is 33.5 Å². The molecule has 29 nitrogen and oxygen atoms in total. The van der Waals surface area contributed by atoms with Crippen LogP contribution in [0.3, 0.4) is 0 Å². The Morgan fingerprint density at radius 1 is 0.664 bits per heavy atom. The number of amides is 11. The van der Waals surface area contributed by atoms with Crippen LogP contribution in [0.4, 0.5) is 4.39 Å². The van der Waals surface area contributed by atoms with Crippen LogP contribution in [0, 0.1) is 5.82 Å². The van der Waals surface area contributed by atoms with Gasteiger partial charge in [0.25, 0.3) is 0 Å². The molecule has 12 bridgehead atoms. The van der Waals surface area contributed by atoms with Crippen molar-refractivity contribution in [3.8, 4) is 11.5 Å². The van der Waals surface area contributed by atoms with E-state index < -0.39 is 132 Å². The van der Waals surface area contributed by atoms with Crippen molar-refractivity contribution < 1.29 is 98.1 Å². The lowest BCUT2D eigenvalue weighted by Gasteiger charge is -2.37. The number of carbonyl (C=O) groups excluding carboxylic acids is 12. The van der Waals surface area contributed by atoms with Gasteiger partial charge in [0.05, 0.1) is 53.6 Å². The third-order valence-electron chi connectivity index (χ3n) is 22.8. The molecule has 0 spiro atoms. The van der Waals surface area contributed by atoms with Crippen LogP contribution < -0.4 is 64.4 Å². The molecule has 2 saturated heterocycles. The minimum absolute atomic E-state index is 0. The monoisotopic (exact) mass is 1660 g/mol. The van der Waals surface area contributed by atoms with Crippen molar-refractivity contribution in [3.05, 3.63) is 166 Å². The van der Waals surface area contributed by atoms with Gasteiger partial charge in [-0.3, -0.25) is 57.5 Å². The third kappa shape index (κ3) is 24.7. The van der Waals surface area contributed by atoms with Crippen LogP contribution in [-0.2, 0) is 114 Å². The van der Waals surface area contributed by atoms with E-state index >= 15 is 33.2 Å². The Balaban J connectivity index is 0.0000149. The fourth-order valence-corrected chi connectivity index (χ4v) is 16.1. The maximum Gasteiger partial charge on any atom is 0.246 e. The van der Waals surface area contributed by atoms with E-state index in [9.17, 15) is 33.9 Å². The van der Waals surface area contributed by atoms with Gasteiger partial charge in [-0.2, -0.15) is 0 Å². The predicted octanol–water partition coefficient (Wildman–Crippen LogP) is 1.25. The summed E-state index contributed by atoms with van der Waals surface area (Å²) >= 11 is 0. The van der Waals surface area contributed by atoms with Gasteiger partial charge in [-0.25, -0.2) is 4.39 Å². The highest BCUT2D eigenvalue weighted by Gasteiger charge is 2.50. The maximum atomic E-state index is 16.3. The summed E-state index contributed by atoms with van der Waals surface area (Å²) in [4.78, 5) is 184. The zero-order chi connectivity index (χ0) is 84.4. The number of halogens is 2. The molecule has 2 fully saturated rings. The van der Waals surface area contributed by atoms with E-state index in [4.69, 9.17) is 14.2 Å². The number of fused-ring (bicyclic) bond motifs is 16. The average molecular weight is 1660 g/mol. The second-order valence-corrected chi connectivity index (χ2v) is 33.0. The molecule has 11 amide bonds.